The van der Waals surface area contributed by atoms with E-state index in [0.717, 1.165) is 11.3 Å². The van der Waals surface area contributed by atoms with Gasteiger partial charge in [0, 0.05) is 18.9 Å². The number of nitrogens with zero attached hydrogens (tertiary/aromatic N) is 1. The van der Waals surface area contributed by atoms with E-state index in [1.165, 1.54) is 0 Å². The maximum atomic E-state index is 5.84. The van der Waals surface area contributed by atoms with E-state index in [1.54, 1.807) is 12.4 Å². The zero-order chi connectivity index (χ0) is 11.7. The normalized spacial score (nSPS) is 17.1. The van der Waals surface area contributed by atoms with Gasteiger partial charge in [-0.2, -0.15) is 0 Å². The van der Waals surface area contributed by atoms with Crippen molar-refractivity contribution in [3.05, 3.63) is 48.3 Å². The van der Waals surface area contributed by atoms with Crippen LogP contribution >= 0.6 is 0 Å². The molecule has 1 aromatic carbocycles. The Balaban J connectivity index is 2.13. The zero-order valence-corrected chi connectivity index (χ0v) is 9.17. The van der Waals surface area contributed by atoms with Crippen molar-refractivity contribution in [3.63, 3.8) is 0 Å². The van der Waals surface area contributed by atoms with Gasteiger partial charge in [-0.3, -0.25) is 4.98 Å². The summed E-state index contributed by atoms with van der Waals surface area (Å²) in [5.74, 6) is 2.16. The molecule has 0 saturated carbocycles. The van der Waals surface area contributed by atoms with E-state index in [2.05, 4.69) is 4.98 Å². The van der Waals surface area contributed by atoms with Gasteiger partial charge >= 0.3 is 0 Å². The van der Waals surface area contributed by atoms with E-state index in [4.69, 9.17) is 15.2 Å². The van der Waals surface area contributed by atoms with Gasteiger partial charge in [0.1, 0.15) is 11.9 Å². The number of aromatic nitrogens is 1. The Morgan fingerprint density at radius 3 is 2.76 bits per heavy atom. The van der Waals surface area contributed by atoms with Crippen molar-refractivity contribution in [3.8, 4) is 17.2 Å². The number of fused-ring (bicyclic) bond motifs is 2. The van der Waals surface area contributed by atoms with Gasteiger partial charge in [-0.05, 0) is 18.2 Å². The summed E-state index contributed by atoms with van der Waals surface area (Å²) in [6.07, 6.45) is 3.21. The molecule has 1 atom stereocenters. The van der Waals surface area contributed by atoms with E-state index < -0.39 is 0 Å². The lowest BCUT2D eigenvalue weighted by Gasteiger charge is -2.15. The minimum atomic E-state index is -0.220. The number of ether oxygens (including phenoxy) is 2. The monoisotopic (exact) mass is 228 g/mol. The Kier molecular flexibility index (Phi) is 2.42. The van der Waals surface area contributed by atoms with E-state index in [-0.39, 0.29) is 6.10 Å². The molecule has 0 aliphatic carbocycles. The topological polar surface area (TPSA) is 57.4 Å². The highest BCUT2D eigenvalue weighted by Crippen LogP contribution is 2.40. The molecule has 0 saturated heterocycles. The molecule has 2 N–H and O–H groups in total. The Hall–Kier alpha value is -2.07. The van der Waals surface area contributed by atoms with E-state index in [0.29, 0.717) is 18.0 Å². The molecule has 2 aromatic rings. The second kappa shape index (κ2) is 4.07. The van der Waals surface area contributed by atoms with Crippen molar-refractivity contribution in [1.82, 2.24) is 4.98 Å². The third-order valence-electron chi connectivity index (χ3n) is 2.71. The number of hydrogen-bond acceptors (Lipinski definition) is 4. The van der Waals surface area contributed by atoms with Crippen LogP contribution in [0.1, 0.15) is 11.7 Å². The summed E-state index contributed by atoms with van der Waals surface area (Å²) in [4.78, 5) is 4.09. The highest BCUT2D eigenvalue weighted by Gasteiger charge is 2.23. The summed E-state index contributed by atoms with van der Waals surface area (Å²) < 4.78 is 11.7. The molecule has 0 bridgehead atoms. The third kappa shape index (κ3) is 1.72. The molecule has 2 heterocycles. The first-order valence-electron chi connectivity index (χ1n) is 5.46. The van der Waals surface area contributed by atoms with Crippen LogP contribution in [0.3, 0.4) is 0 Å². The maximum Gasteiger partial charge on any atom is 0.169 e. The van der Waals surface area contributed by atoms with Gasteiger partial charge in [0.05, 0.1) is 5.56 Å². The quantitative estimate of drug-likeness (QED) is 0.813. The van der Waals surface area contributed by atoms with Gasteiger partial charge < -0.3 is 15.2 Å². The van der Waals surface area contributed by atoms with Crippen LogP contribution in [0.2, 0.25) is 0 Å². The number of pyridine rings is 1. The largest absolute Gasteiger partial charge is 0.480 e. The highest BCUT2D eigenvalue weighted by atomic mass is 16.5. The smallest absolute Gasteiger partial charge is 0.169 e. The molecule has 86 valence electrons. The maximum absolute atomic E-state index is 5.84. The predicted octanol–water partition coefficient (Wildman–Crippen LogP) is 2.27. The van der Waals surface area contributed by atoms with Crippen molar-refractivity contribution >= 4 is 0 Å². The van der Waals surface area contributed by atoms with Gasteiger partial charge in [-0.1, -0.05) is 12.1 Å². The van der Waals surface area contributed by atoms with Crippen molar-refractivity contribution in [2.24, 2.45) is 5.73 Å². The Morgan fingerprint density at radius 2 is 1.94 bits per heavy atom. The lowest BCUT2D eigenvalue weighted by atomic mass is 10.1. The lowest BCUT2D eigenvalue weighted by molar-refractivity contribution is 0.216. The van der Waals surface area contributed by atoms with Gasteiger partial charge in [-0.15, -0.1) is 0 Å². The van der Waals surface area contributed by atoms with E-state index >= 15 is 0 Å². The minimum Gasteiger partial charge on any atom is -0.480 e. The average molecular weight is 228 g/mol. The van der Waals surface area contributed by atoms with Crippen molar-refractivity contribution in [2.45, 2.75) is 6.10 Å². The first-order valence-corrected chi connectivity index (χ1v) is 5.46. The van der Waals surface area contributed by atoms with Crippen LogP contribution in [0, 0.1) is 0 Å². The molecule has 0 radical (unpaired) electrons. The van der Waals surface area contributed by atoms with Gasteiger partial charge in [0.25, 0.3) is 0 Å². The average Bonchev–Trinajstić information content (AvgIpc) is 2.54. The van der Waals surface area contributed by atoms with Gasteiger partial charge in [-0.25, -0.2) is 0 Å². The molecule has 1 aromatic heterocycles. The molecular weight excluding hydrogens is 216 g/mol. The molecule has 0 fully saturated rings. The Morgan fingerprint density at radius 1 is 1.12 bits per heavy atom. The third-order valence-corrected chi connectivity index (χ3v) is 2.71. The fraction of sp³-hybridized carbons (Fsp3) is 0.154. The van der Waals surface area contributed by atoms with Crippen LogP contribution < -0.4 is 15.2 Å². The molecule has 4 heteroatoms. The minimum absolute atomic E-state index is 0.220. The molecule has 0 spiro atoms. The summed E-state index contributed by atoms with van der Waals surface area (Å²) in [5, 5.41) is 0. The van der Waals surface area contributed by atoms with Crippen LogP contribution in [0.5, 0.6) is 17.2 Å². The molecule has 0 amide bonds. The number of rotatable bonds is 1. The van der Waals surface area contributed by atoms with Gasteiger partial charge in [0.2, 0.25) is 0 Å². The molecule has 17 heavy (non-hydrogen) atoms. The van der Waals surface area contributed by atoms with Crippen LogP contribution in [0.4, 0.5) is 0 Å². The number of para-hydroxylation sites is 2. The molecule has 3 rings (SSSR count). The van der Waals surface area contributed by atoms with Crippen LogP contribution in [-0.4, -0.2) is 11.5 Å². The van der Waals surface area contributed by atoms with Crippen LogP contribution in [0.15, 0.2) is 42.7 Å². The first-order chi connectivity index (χ1) is 8.38. The lowest BCUT2D eigenvalue weighted by Crippen LogP contribution is -2.17. The fourth-order valence-corrected chi connectivity index (χ4v) is 1.87. The van der Waals surface area contributed by atoms with E-state index in [9.17, 15) is 0 Å². The summed E-state index contributed by atoms with van der Waals surface area (Å²) >= 11 is 0. The Bertz CT molecular complexity index is 542. The highest BCUT2D eigenvalue weighted by molar-refractivity contribution is 5.47. The number of nitrogens with two attached hydrogens (primary N) is 1. The van der Waals surface area contributed by atoms with Gasteiger partial charge in [0.15, 0.2) is 11.5 Å². The first kappa shape index (κ1) is 10.1. The summed E-state index contributed by atoms with van der Waals surface area (Å²) in [6.45, 7) is 0.385. The Labute approximate surface area is 99.0 Å². The summed E-state index contributed by atoms with van der Waals surface area (Å²) in [6, 6.07) is 9.38. The predicted molar refractivity (Wildman–Crippen MR) is 63.2 cm³/mol. The molecule has 4 nitrogen and oxygen atoms in total. The summed E-state index contributed by atoms with van der Waals surface area (Å²) in [7, 11) is 0. The molecule has 1 aliphatic heterocycles. The SMILES string of the molecule is NC[C@@H]1Oc2ccccc2Oc2ccncc21. The van der Waals surface area contributed by atoms with Crippen LogP contribution in [0.25, 0.3) is 0 Å². The number of hydrogen-bond donors (Lipinski definition) is 1. The summed E-state index contributed by atoms with van der Waals surface area (Å²) in [5.41, 5.74) is 6.62. The molecular formula is C13H12N2O2. The van der Waals surface area contributed by atoms with Crippen LogP contribution in [-0.2, 0) is 0 Å². The molecule has 0 unspecified atom stereocenters. The van der Waals surface area contributed by atoms with E-state index in [1.807, 2.05) is 30.3 Å². The standard InChI is InChI=1S/C13H12N2O2/c14-7-13-9-8-15-6-5-10(9)16-11-3-1-2-4-12(11)17-13/h1-6,8,13H,7,14H2/t13-/m0/s1. The van der Waals surface area contributed by atoms with Crippen molar-refractivity contribution < 1.29 is 9.47 Å². The fourth-order valence-electron chi connectivity index (χ4n) is 1.87. The zero-order valence-electron chi connectivity index (χ0n) is 9.17. The molecule has 1 aliphatic rings. The second-order valence-electron chi connectivity index (χ2n) is 3.80. The second-order valence-corrected chi connectivity index (χ2v) is 3.80. The van der Waals surface area contributed by atoms with Crippen molar-refractivity contribution in [2.75, 3.05) is 6.54 Å². The number of benzene rings is 1. The van der Waals surface area contributed by atoms with Crippen molar-refractivity contribution in [1.29, 1.82) is 0 Å².